The maximum absolute atomic E-state index is 13.5. The summed E-state index contributed by atoms with van der Waals surface area (Å²) in [5.41, 5.74) is 3.46. The molecular formula is C29H26N2O3. The maximum atomic E-state index is 13.5. The number of benzene rings is 3. The molecule has 6 rings (SSSR count). The lowest BCUT2D eigenvalue weighted by Gasteiger charge is -2.43. The van der Waals surface area contributed by atoms with Gasteiger partial charge in [-0.1, -0.05) is 36.4 Å². The number of piperidine rings is 1. The van der Waals surface area contributed by atoms with Gasteiger partial charge < -0.3 is 14.2 Å². The molecule has 0 saturated carbocycles. The second-order valence-corrected chi connectivity index (χ2v) is 9.39. The largest absolute Gasteiger partial charge is 0.497 e. The Morgan fingerprint density at radius 3 is 2.47 bits per heavy atom. The number of amides is 1. The molecule has 5 heteroatoms. The van der Waals surface area contributed by atoms with Crippen molar-refractivity contribution in [2.45, 2.75) is 18.9 Å². The molecule has 1 amide bonds. The third-order valence-electron chi connectivity index (χ3n) is 7.29. The van der Waals surface area contributed by atoms with Gasteiger partial charge in [0.1, 0.15) is 5.75 Å². The molecule has 2 bridgehead atoms. The van der Waals surface area contributed by atoms with E-state index >= 15 is 0 Å². The van der Waals surface area contributed by atoms with Crippen molar-refractivity contribution in [3.8, 4) is 16.9 Å². The number of nitrogens with zero attached hydrogens (tertiary/aromatic N) is 2. The van der Waals surface area contributed by atoms with Crippen LogP contribution >= 0.6 is 0 Å². The van der Waals surface area contributed by atoms with Crippen LogP contribution in [0.15, 0.2) is 83.7 Å². The Balaban J connectivity index is 1.30. The van der Waals surface area contributed by atoms with E-state index in [9.17, 15) is 9.59 Å². The van der Waals surface area contributed by atoms with E-state index in [1.54, 1.807) is 7.11 Å². The van der Waals surface area contributed by atoms with Crippen molar-refractivity contribution in [1.29, 1.82) is 0 Å². The normalized spacial score (nSPS) is 19.0. The zero-order chi connectivity index (χ0) is 23.2. The predicted octanol–water partition coefficient (Wildman–Crippen LogP) is 4.94. The van der Waals surface area contributed by atoms with E-state index in [4.69, 9.17) is 4.74 Å². The van der Waals surface area contributed by atoms with Gasteiger partial charge in [0.05, 0.1) is 7.11 Å². The smallest absolute Gasteiger partial charge is 0.258 e. The van der Waals surface area contributed by atoms with E-state index in [1.165, 1.54) is 5.39 Å². The fourth-order valence-electron chi connectivity index (χ4n) is 5.60. The molecule has 3 heterocycles. The summed E-state index contributed by atoms with van der Waals surface area (Å²) in [7, 11) is 1.62. The summed E-state index contributed by atoms with van der Waals surface area (Å²) >= 11 is 0. The first-order valence-corrected chi connectivity index (χ1v) is 11.8. The molecule has 0 aliphatic carbocycles. The number of pyridine rings is 1. The molecular weight excluding hydrogens is 424 g/mol. The van der Waals surface area contributed by atoms with Crippen LogP contribution in [-0.4, -0.2) is 35.6 Å². The number of ether oxygens (including phenoxy) is 1. The first-order chi connectivity index (χ1) is 16.6. The van der Waals surface area contributed by atoms with Crippen molar-refractivity contribution in [3.63, 3.8) is 0 Å². The summed E-state index contributed by atoms with van der Waals surface area (Å²) in [6, 6.07) is 25.7. The molecule has 0 N–H and O–H groups in total. The van der Waals surface area contributed by atoms with E-state index < -0.39 is 0 Å². The van der Waals surface area contributed by atoms with E-state index in [0.29, 0.717) is 25.2 Å². The highest BCUT2D eigenvalue weighted by molar-refractivity contribution is 5.94. The second kappa shape index (κ2) is 8.17. The van der Waals surface area contributed by atoms with Crippen LogP contribution in [-0.2, 0) is 6.54 Å². The van der Waals surface area contributed by atoms with Gasteiger partial charge in [-0.15, -0.1) is 0 Å². The van der Waals surface area contributed by atoms with Gasteiger partial charge >= 0.3 is 0 Å². The molecule has 4 aromatic rings. The van der Waals surface area contributed by atoms with Crippen LogP contribution in [0.1, 0.15) is 28.4 Å². The number of carbonyl (C=O) groups is 1. The predicted molar refractivity (Wildman–Crippen MR) is 133 cm³/mol. The molecule has 2 atom stereocenters. The summed E-state index contributed by atoms with van der Waals surface area (Å²) < 4.78 is 7.17. The highest BCUT2D eigenvalue weighted by Crippen LogP contribution is 2.36. The van der Waals surface area contributed by atoms with Gasteiger partial charge in [0.25, 0.3) is 11.5 Å². The topological polar surface area (TPSA) is 51.5 Å². The van der Waals surface area contributed by atoms with Gasteiger partial charge in [-0.05, 0) is 71.1 Å². The van der Waals surface area contributed by atoms with Crippen molar-refractivity contribution in [1.82, 2.24) is 9.47 Å². The SMILES string of the molecule is COc1ccc(C(=O)N2C[C@H]3C[C@H](C2)c2ccc(-c4ccc5ccccc5c4)c(=O)n2C3)cc1. The monoisotopic (exact) mass is 450 g/mol. The van der Waals surface area contributed by atoms with E-state index in [1.807, 2.05) is 58.0 Å². The Morgan fingerprint density at radius 1 is 0.882 bits per heavy atom. The molecule has 5 nitrogen and oxygen atoms in total. The molecule has 3 aromatic carbocycles. The Hall–Kier alpha value is -3.86. The number of methoxy groups -OCH3 is 1. The standard InChI is InChI=1S/C29H26N2O3/c1-34-25-10-8-21(9-11-25)28(32)30-16-19-14-24(18-30)27-13-12-26(29(33)31(27)17-19)23-7-6-20-4-2-3-5-22(20)15-23/h2-13,15,19,24H,14,16-18H2,1H3/t19-,24-/m1/s1. The average molecular weight is 451 g/mol. The van der Waals surface area contributed by atoms with Gasteiger partial charge in [0.15, 0.2) is 0 Å². The number of carbonyl (C=O) groups excluding carboxylic acids is 1. The summed E-state index contributed by atoms with van der Waals surface area (Å²) in [6.45, 7) is 1.96. The summed E-state index contributed by atoms with van der Waals surface area (Å²) in [5.74, 6) is 1.23. The molecule has 1 aromatic heterocycles. The van der Waals surface area contributed by atoms with Crippen LogP contribution in [0.2, 0.25) is 0 Å². The van der Waals surface area contributed by atoms with Crippen molar-refractivity contribution in [3.05, 3.63) is 100 Å². The lowest BCUT2D eigenvalue weighted by Crippen LogP contribution is -2.49. The minimum absolute atomic E-state index is 0.0425. The maximum Gasteiger partial charge on any atom is 0.258 e. The van der Waals surface area contributed by atoms with Crippen LogP contribution in [0, 0.1) is 5.92 Å². The second-order valence-electron chi connectivity index (χ2n) is 9.39. The van der Waals surface area contributed by atoms with Crippen LogP contribution in [0.25, 0.3) is 21.9 Å². The third kappa shape index (κ3) is 3.48. The number of fused-ring (bicyclic) bond motifs is 5. The van der Waals surface area contributed by atoms with E-state index in [2.05, 4.69) is 30.3 Å². The molecule has 2 aliphatic heterocycles. The van der Waals surface area contributed by atoms with Gasteiger partial charge in [-0.2, -0.15) is 0 Å². The van der Waals surface area contributed by atoms with Gasteiger partial charge in [0, 0.05) is 42.4 Å². The number of likely N-dealkylation sites (tertiary alicyclic amines) is 1. The molecule has 0 spiro atoms. The fourth-order valence-corrected chi connectivity index (χ4v) is 5.60. The zero-order valence-electron chi connectivity index (χ0n) is 19.1. The van der Waals surface area contributed by atoms with Crippen LogP contribution in [0.4, 0.5) is 0 Å². The van der Waals surface area contributed by atoms with Gasteiger partial charge in [-0.3, -0.25) is 9.59 Å². The average Bonchev–Trinajstić information content (AvgIpc) is 2.88. The third-order valence-corrected chi connectivity index (χ3v) is 7.29. The van der Waals surface area contributed by atoms with Crippen molar-refractivity contribution < 1.29 is 9.53 Å². The summed E-state index contributed by atoms with van der Waals surface area (Å²) in [4.78, 5) is 28.7. The molecule has 0 unspecified atom stereocenters. The number of aromatic nitrogens is 1. The summed E-state index contributed by atoms with van der Waals surface area (Å²) in [6.07, 6.45) is 1.02. The van der Waals surface area contributed by atoms with Gasteiger partial charge in [0.2, 0.25) is 0 Å². The lowest BCUT2D eigenvalue weighted by atomic mass is 9.82. The minimum atomic E-state index is 0.0425. The van der Waals surface area contributed by atoms with Crippen molar-refractivity contribution >= 4 is 16.7 Å². The first-order valence-electron chi connectivity index (χ1n) is 11.8. The van der Waals surface area contributed by atoms with E-state index in [-0.39, 0.29) is 23.3 Å². The lowest BCUT2D eigenvalue weighted by molar-refractivity contribution is 0.0594. The quantitative estimate of drug-likeness (QED) is 0.444. The number of hydrogen-bond donors (Lipinski definition) is 0. The number of rotatable bonds is 3. The van der Waals surface area contributed by atoms with E-state index in [0.717, 1.165) is 34.4 Å². The highest BCUT2D eigenvalue weighted by atomic mass is 16.5. The zero-order valence-corrected chi connectivity index (χ0v) is 19.1. The Bertz CT molecular complexity index is 1450. The van der Waals surface area contributed by atoms with Crippen LogP contribution in [0.3, 0.4) is 0 Å². The molecule has 170 valence electrons. The highest BCUT2D eigenvalue weighted by Gasteiger charge is 2.37. The molecule has 0 radical (unpaired) electrons. The molecule has 34 heavy (non-hydrogen) atoms. The van der Waals surface area contributed by atoms with Crippen molar-refractivity contribution in [2.24, 2.45) is 5.92 Å². The van der Waals surface area contributed by atoms with Crippen LogP contribution in [0.5, 0.6) is 5.75 Å². The summed E-state index contributed by atoms with van der Waals surface area (Å²) in [5, 5.41) is 2.30. The molecule has 2 aliphatic rings. The Labute approximate surface area is 198 Å². The molecule has 1 saturated heterocycles. The molecule has 1 fully saturated rings. The Kier molecular flexibility index (Phi) is 4.98. The van der Waals surface area contributed by atoms with Crippen molar-refractivity contribution in [2.75, 3.05) is 20.2 Å². The first kappa shape index (κ1) is 20.7. The van der Waals surface area contributed by atoms with Gasteiger partial charge in [-0.25, -0.2) is 0 Å². The number of hydrogen-bond acceptors (Lipinski definition) is 3. The Morgan fingerprint density at radius 2 is 1.68 bits per heavy atom. The van der Waals surface area contributed by atoms with Crippen LogP contribution < -0.4 is 10.3 Å². The minimum Gasteiger partial charge on any atom is -0.497 e. The fraction of sp³-hybridized carbons (Fsp3) is 0.241.